The minimum absolute atomic E-state index is 0. The van der Waals surface area contributed by atoms with Gasteiger partial charge in [0.2, 0.25) is 0 Å². The minimum atomic E-state index is 0. The molecule has 0 aliphatic heterocycles. The molecule has 1 aromatic carbocycles. The van der Waals surface area contributed by atoms with Crippen LogP contribution in [-0.4, -0.2) is 9.78 Å². The van der Waals surface area contributed by atoms with Crippen LogP contribution < -0.4 is 51.4 Å². The molecule has 0 aliphatic rings. The van der Waals surface area contributed by atoms with Gasteiger partial charge < -0.3 is 24.0 Å². The Kier molecular flexibility index (Phi) is 5.85. The van der Waals surface area contributed by atoms with Crippen LogP contribution >= 0.6 is 35.2 Å². The summed E-state index contributed by atoms with van der Waals surface area (Å²) in [5.41, 5.74) is 0.881. The van der Waals surface area contributed by atoms with Crippen molar-refractivity contribution in [2.24, 2.45) is 0 Å². The molecule has 2 rings (SSSR count). The van der Waals surface area contributed by atoms with Crippen LogP contribution in [0.5, 0.6) is 0 Å². The van der Waals surface area contributed by atoms with E-state index in [4.69, 9.17) is 36.4 Å². The summed E-state index contributed by atoms with van der Waals surface area (Å²) in [7, 11) is 0. The Morgan fingerprint density at radius 3 is 2.40 bits per heavy atom. The summed E-state index contributed by atoms with van der Waals surface area (Å²) in [5.74, 6) is 0. The Bertz CT molecular complexity index is 505. The average molecular weight is 299 g/mol. The Morgan fingerprint density at radius 1 is 1.33 bits per heavy atom. The molecule has 2 nitrogen and oxygen atoms in total. The van der Waals surface area contributed by atoms with Crippen LogP contribution in [0.4, 0.5) is 0 Å². The molecule has 0 bridgehead atoms. The summed E-state index contributed by atoms with van der Waals surface area (Å²) in [4.78, 5) is 0. The molecule has 0 unspecified atom stereocenters. The molecule has 0 saturated carbocycles. The Hall–Kier alpha value is 1.15. The van der Waals surface area contributed by atoms with E-state index < -0.39 is 0 Å². The first-order valence-corrected chi connectivity index (χ1v) is 5.71. The van der Waals surface area contributed by atoms with Crippen molar-refractivity contribution < 1.29 is 51.4 Å². The SMILES string of the molecule is S=c1sc([S-])nn1-c1ccc(Cl)cc1.[K+]. The molecule has 0 aliphatic carbocycles. The van der Waals surface area contributed by atoms with Gasteiger partial charge in [0, 0.05) is 5.02 Å². The maximum atomic E-state index is 5.77. The molecule has 0 fully saturated rings. The smallest absolute Gasteiger partial charge is 0.406 e. The van der Waals surface area contributed by atoms with Crippen LogP contribution in [0.1, 0.15) is 0 Å². The number of hydrogen-bond acceptors (Lipinski definition) is 4. The van der Waals surface area contributed by atoms with Crippen molar-refractivity contribution in [1.82, 2.24) is 9.78 Å². The van der Waals surface area contributed by atoms with E-state index in [0.29, 0.717) is 13.3 Å². The Labute approximate surface area is 149 Å². The van der Waals surface area contributed by atoms with Crippen LogP contribution in [-0.2, 0) is 12.6 Å². The zero-order valence-electron chi connectivity index (χ0n) is 7.81. The van der Waals surface area contributed by atoms with E-state index in [9.17, 15) is 0 Å². The van der Waals surface area contributed by atoms with Crippen molar-refractivity contribution in [1.29, 1.82) is 0 Å². The summed E-state index contributed by atoms with van der Waals surface area (Å²) < 4.78 is 2.83. The summed E-state index contributed by atoms with van der Waals surface area (Å²) in [6.45, 7) is 0. The zero-order valence-corrected chi connectivity index (χ0v) is 14.1. The molecule has 0 amide bonds. The molecule has 0 N–H and O–H groups in total. The van der Waals surface area contributed by atoms with Crippen molar-refractivity contribution >= 4 is 47.8 Å². The fraction of sp³-hybridized carbons (Fsp3) is 0. The molecule has 0 spiro atoms. The second kappa shape index (κ2) is 6.18. The summed E-state index contributed by atoms with van der Waals surface area (Å²) >= 11 is 17.1. The zero-order chi connectivity index (χ0) is 10.1. The van der Waals surface area contributed by atoms with E-state index in [2.05, 4.69) is 5.10 Å². The van der Waals surface area contributed by atoms with Gasteiger partial charge in [-0.3, -0.25) is 0 Å². The van der Waals surface area contributed by atoms with Crippen molar-refractivity contribution in [3.8, 4) is 5.69 Å². The van der Waals surface area contributed by atoms with Crippen molar-refractivity contribution in [3.05, 3.63) is 33.2 Å². The number of halogens is 1. The molecular formula is C8H4ClKN2S3. The van der Waals surface area contributed by atoms with Crippen molar-refractivity contribution in [3.63, 3.8) is 0 Å². The van der Waals surface area contributed by atoms with Crippen molar-refractivity contribution in [2.45, 2.75) is 4.34 Å². The van der Waals surface area contributed by atoms with E-state index in [1.54, 1.807) is 16.8 Å². The molecule has 1 heterocycles. The topological polar surface area (TPSA) is 17.8 Å². The number of hydrogen-bond donors (Lipinski definition) is 0. The summed E-state index contributed by atoms with van der Waals surface area (Å²) in [5, 5.41) is 4.80. The molecule has 2 aromatic rings. The van der Waals surface area contributed by atoms with Gasteiger partial charge >= 0.3 is 51.4 Å². The predicted molar refractivity (Wildman–Crippen MR) is 62.9 cm³/mol. The van der Waals surface area contributed by atoms with Crippen LogP contribution in [0, 0.1) is 3.95 Å². The number of aromatic nitrogens is 2. The quantitative estimate of drug-likeness (QED) is 0.426. The third-order valence-corrected chi connectivity index (χ3v) is 3.21. The number of nitrogens with zero attached hydrogens (tertiary/aromatic N) is 2. The fourth-order valence-electron chi connectivity index (χ4n) is 1.01. The molecule has 0 saturated heterocycles. The van der Waals surface area contributed by atoms with Gasteiger partial charge in [-0.1, -0.05) is 23.8 Å². The molecule has 0 radical (unpaired) electrons. The van der Waals surface area contributed by atoms with E-state index in [1.165, 1.54) is 11.3 Å². The van der Waals surface area contributed by atoms with Gasteiger partial charge in [-0.2, -0.15) is 5.10 Å². The monoisotopic (exact) mass is 298 g/mol. The van der Waals surface area contributed by atoms with Crippen LogP contribution in [0.2, 0.25) is 5.02 Å². The maximum Gasteiger partial charge on any atom is 1.00 e. The first-order chi connectivity index (χ1) is 6.66. The minimum Gasteiger partial charge on any atom is -0.406 e. The van der Waals surface area contributed by atoms with Crippen molar-refractivity contribution in [2.75, 3.05) is 0 Å². The summed E-state index contributed by atoms with van der Waals surface area (Å²) in [6, 6.07) is 7.29. The molecular weight excluding hydrogens is 295 g/mol. The fourth-order valence-corrected chi connectivity index (χ4v) is 2.50. The van der Waals surface area contributed by atoms with Gasteiger partial charge in [0.15, 0.2) is 0 Å². The Balaban J connectivity index is 0.00000112. The first-order valence-electron chi connectivity index (χ1n) is 3.70. The third-order valence-electron chi connectivity index (χ3n) is 1.60. The predicted octanol–water partition coefficient (Wildman–Crippen LogP) is 0.226. The van der Waals surface area contributed by atoms with Gasteiger partial charge in [0.1, 0.15) is 0 Å². The standard InChI is InChI=1S/C8H5ClN2S3.K/c9-5-1-3-6(4-2-5)11-8(13)14-7(12)10-11;/h1-4H,(H,10,12);/q;+1/p-1. The van der Waals surface area contributed by atoms with E-state index >= 15 is 0 Å². The average Bonchev–Trinajstić information content (AvgIpc) is 2.47. The Morgan fingerprint density at radius 2 is 1.93 bits per heavy atom. The number of benzene rings is 1. The number of rotatable bonds is 1. The van der Waals surface area contributed by atoms with E-state index in [-0.39, 0.29) is 51.4 Å². The van der Waals surface area contributed by atoms with Gasteiger partial charge in [-0.15, -0.1) is 0 Å². The normalized spacial score (nSPS) is 9.67. The van der Waals surface area contributed by atoms with Gasteiger partial charge in [0.05, 0.1) is 9.64 Å². The first kappa shape index (κ1) is 14.2. The molecule has 72 valence electrons. The molecule has 7 heteroatoms. The second-order valence-corrected chi connectivity index (χ2v) is 5.23. The summed E-state index contributed by atoms with van der Waals surface area (Å²) in [6.07, 6.45) is 0. The largest absolute Gasteiger partial charge is 1.00 e. The van der Waals surface area contributed by atoms with E-state index in [1.807, 2.05) is 12.1 Å². The molecule has 1 aromatic heterocycles. The molecule has 15 heavy (non-hydrogen) atoms. The molecule has 0 atom stereocenters. The third kappa shape index (κ3) is 3.55. The van der Waals surface area contributed by atoms with Crippen LogP contribution in [0.3, 0.4) is 0 Å². The van der Waals surface area contributed by atoms with Gasteiger partial charge in [-0.05, 0) is 28.6 Å². The van der Waals surface area contributed by atoms with Crippen LogP contribution in [0.25, 0.3) is 5.69 Å². The second-order valence-electron chi connectivity index (χ2n) is 2.52. The van der Waals surface area contributed by atoms with Gasteiger partial charge in [-0.25, -0.2) is 4.68 Å². The van der Waals surface area contributed by atoms with Gasteiger partial charge in [0.25, 0.3) is 0 Å². The van der Waals surface area contributed by atoms with E-state index in [0.717, 1.165) is 5.69 Å². The van der Waals surface area contributed by atoms with Crippen LogP contribution in [0.15, 0.2) is 28.6 Å². The maximum absolute atomic E-state index is 5.77.